The average molecular weight is 497 g/mol. The van der Waals surface area contributed by atoms with Crippen LogP contribution in [0.25, 0.3) is 11.0 Å². The number of halogens is 3. The lowest BCUT2D eigenvalue weighted by molar-refractivity contribution is -0.137. The lowest BCUT2D eigenvalue weighted by Crippen LogP contribution is -2.39. The molecule has 1 unspecified atom stereocenters. The highest BCUT2D eigenvalue weighted by Crippen LogP contribution is 2.30. The number of sulfonamides is 1. The van der Waals surface area contributed by atoms with Crippen LogP contribution in [0.2, 0.25) is 0 Å². The summed E-state index contributed by atoms with van der Waals surface area (Å²) in [6, 6.07) is 8.31. The Labute approximate surface area is 193 Å². The van der Waals surface area contributed by atoms with Crippen LogP contribution in [0, 0.1) is 5.92 Å². The minimum Gasteiger partial charge on any atom is -0.385 e. The Hall–Kier alpha value is -3.19. The first-order valence-corrected chi connectivity index (χ1v) is 11.9. The molecular weight excluding hydrogens is 475 g/mol. The number of anilines is 1. The van der Waals surface area contributed by atoms with Crippen LogP contribution in [-0.4, -0.2) is 53.5 Å². The lowest BCUT2D eigenvalue weighted by Gasteiger charge is -2.30. The van der Waals surface area contributed by atoms with Crippen LogP contribution in [-0.2, 0) is 21.0 Å². The van der Waals surface area contributed by atoms with Crippen LogP contribution < -0.4 is 10.2 Å². The van der Waals surface area contributed by atoms with E-state index >= 15 is 0 Å². The maximum Gasteiger partial charge on any atom is 0.416 e. The summed E-state index contributed by atoms with van der Waals surface area (Å²) in [7, 11) is -3.72. The molecule has 0 radical (unpaired) electrons. The summed E-state index contributed by atoms with van der Waals surface area (Å²) in [6.07, 6.45) is -2.71. The smallest absolute Gasteiger partial charge is 0.385 e. The van der Waals surface area contributed by atoms with Gasteiger partial charge in [0.25, 0.3) is 5.91 Å². The first-order chi connectivity index (χ1) is 16.0. The number of aromatic nitrogens is 3. The van der Waals surface area contributed by atoms with E-state index in [2.05, 4.69) is 15.6 Å². The van der Waals surface area contributed by atoms with E-state index in [9.17, 15) is 26.4 Å². The highest BCUT2D eigenvalue weighted by Gasteiger charge is 2.30. The highest BCUT2D eigenvalue weighted by atomic mass is 32.2. The van der Waals surface area contributed by atoms with Gasteiger partial charge in [0, 0.05) is 18.8 Å². The maximum absolute atomic E-state index is 13.1. The number of piperidine rings is 1. The third-order valence-corrected chi connectivity index (χ3v) is 7.32. The summed E-state index contributed by atoms with van der Waals surface area (Å²) in [4.78, 5) is 18.5. The lowest BCUT2D eigenvalue weighted by atomic mass is 10.0. The fourth-order valence-electron chi connectivity index (χ4n) is 3.71. The molecule has 2 heterocycles. The van der Waals surface area contributed by atoms with Gasteiger partial charge in [0.15, 0.2) is 6.61 Å². The summed E-state index contributed by atoms with van der Waals surface area (Å²) in [6.45, 7) is 2.37. The molecule has 9 nitrogen and oxygen atoms in total. The second-order valence-corrected chi connectivity index (χ2v) is 10.1. The minimum atomic E-state index is -4.47. The number of hydrogen-bond donors (Lipinski definition) is 1. The molecule has 13 heteroatoms. The zero-order valence-corrected chi connectivity index (χ0v) is 18.9. The van der Waals surface area contributed by atoms with E-state index in [-0.39, 0.29) is 22.0 Å². The summed E-state index contributed by atoms with van der Waals surface area (Å²) < 4.78 is 65.5. The normalized spacial score (nSPS) is 17.6. The Morgan fingerprint density at radius 1 is 1.21 bits per heavy atom. The van der Waals surface area contributed by atoms with Crippen LogP contribution in [0.4, 0.5) is 18.9 Å². The monoisotopic (exact) mass is 497 g/mol. The van der Waals surface area contributed by atoms with Gasteiger partial charge < -0.3 is 10.2 Å². The van der Waals surface area contributed by atoms with Crippen molar-refractivity contribution in [3.8, 4) is 0 Å². The minimum absolute atomic E-state index is 0.0652. The van der Waals surface area contributed by atoms with Gasteiger partial charge >= 0.3 is 6.18 Å². The van der Waals surface area contributed by atoms with Crippen molar-refractivity contribution < 1.29 is 31.2 Å². The SMILES string of the molecule is CC1CCCN(S(=O)(=O)c2ccc3nnn(OCC(=O)Nc4ccc(C(F)(F)F)cc4)c3c2)C1. The molecule has 1 saturated heterocycles. The van der Waals surface area contributed by atoms with Gasteiger partial charge in [0.05, 0.1) is 10.5 Å². The predicted molar refractivity (Wildman–Crippen MR) is 116 cm³/mol. The van der Waals surface area contributed by atoms with Gasteiger partial charge in [-0.2, -0.15) is 17.5 Å². The molecule has 3 aromatic rings. The van der Waals surface area contributed by atoms with Gasteiger partial charge in [-0.05, 0) is 66.4 Å². The molecule has 4 rings (SSSR count). The van der Waals surface area contributed by atoms with Crippen molar-refractivity contribution >= 4 is 32.7 Å². The Bertz CT molecular complexity index is 1290. The first-order valence-electron chi connectivity index (χ1n) is 10.5. The molecule has 0 spiro atoms. The third kappa shape index (κ3) is 5.14. The molecule has 1 fully saturated rings. The maximum atomic E-state index is 13.1. The number of fused-ring (bicyclic) bond motifs is 1. The molecule has 1 N–H and O–H groups in total. The Morgan fingerprint density at radius 2 is 1.94 bits per heavy atom. The second kappa shape index (κ2) is 9.22. The van der Waals surface area contributed by atoms with E-state index in [1.54, 1.807) is 0 Å². The Morgan fingerprint density at radius 3 is 2.62 bits per heavy atom. The number of rotatable bonds is 6. The molecule has 1 aromatic heterocycles. The molecule has 0 saturated carbocycles. The van der Waals surface area contributed by atoms with E-state index < -0.39 is 34.3 Å². The van der Waals surface area contributed by atoms with Crippen molar-refractivity contribution in [2.45, 2.75) is 30.8 Å². The quantitative estimate of drug-likeness (QED) is 0.561. The number of benzene rings is 2. The molecular formula is C21H22F3N5O4S. The van der Waals surface area contributed by atoms with Crippen molar-refractivity contribution in [3.63, 3.8) is 0 Å². The zero-order valence-electron chi connectivity index (χ0n) is 18.1. The second-order valence-electron chi connectivity index (χ2n) is 8.12. The summed E-state index contributed by atoms with van der Waals surface area (Å²) in [5.74, 6) is -0.375. The van der Waals surface area contributed by atoms with Crippen molar-refractivity contribution in [2.75, 3.05) is 25.0 Å². The van der Waals surface area contributed by atoms with Gasteiger partial charge in [-0.3, -0.25) is 4.79 Å². The average Bonchev–Trinajstić information content (AvgIpc) is 3.20. The number of alkyl halides is 3. The molecule has 0 aliphatic carbocycles. The Balaban J connectivity index is 1.45. The molecule has 1 aliphatic rings. The molecule has 2 aromatic carbocycles. The molecule has 34 heavy (non-hydrogen) atoms. The number of carbonyl (C=O) groups is 1. The summed E-state index contributed by atoms with van der Waals surface area (Å²) in [5.41, 5.74) is -0.0441. The predicted octanol–water partition coefficient (Wildman–Crippen LogP) is 2.94. The third-order valence-electron chi connectivity index (χ3n) is 5.46. The summed E-state index contributed by atoms with van der Waals surface area (Å²) >= 11 is 0. The highest BCUT2D eigenvalue weighted by molar-refractivity contribution is 7.89. The van der Waals surface area contributed by atoms with Gasteiger partial charge in [0.2, 0.25) is 10.0 Å². The van der Waals surface area contributed by atoms with Gasteiger partial charge in [-0.15, -0.1) is 5.10 Å². The number of carbonyl (C=O) groups excluding carboxylic acids is 1. The van der Waals surface area contributed by atoms with Gasteiger partial charge in [0.1, 0.15) is 11.0 Å². The van der Waals surface area contributed by atoms with Crippen LogP contribution >= 0.6 is 0 Å². The van der Waals surface area contributed by atoms with Crippen molar-refractivity contribution in [2.24, 2.45) is 5.92 Å². The van der Waals surface area contributed by atoms with Gasteiger partial charge in [-0.25, -0.2) is 8.42 Å². The fraction of sp³-hybridized carbons (Fsp3) is 0.381. The van der Waals surface area contributed by atoms with Crippen LogP contribution in [0.15, 0.2) is 47.4 Å². The molecule has 1 amide bonds. The van der Waals surface area contributed by atoms with Crippen molar-refractivity contribution in [1.82, 2.24) is 19.5 Å². The number of hydrogen-bond acceptors (Lipinski definition) is 6. The number of amides is 1. The molecule has 0 bridgehead atoms. The zero-order chi connectivity index (χ0) is 24.5. The largest absolute Gasteiger partial charge is 0.416 e. The van der Waals surface area contributed by atoms with E-state index in [1.165, 1.54) is 22.5 Å². The van der Waals surface area contributed by atoms with Crippen LogP contribution in [0.3, 0.4) is 0 Å². The molecule has 1 aliphatic heterocycles. The number of nitrogens with zero attached hydrogens (tertiary/aromatic N) is 4. The standard InChI is InChI=1S/C21H22F3N5O4S/c1-14-3-2-10-28(12-14)34(31,32)17-8-9-18-19(11-17)29(27-26-18)33-13-20(30)25-16-6-4-15(5-7-16)21(22,23)24/h4-9,11,14H,2-3,10,12-13H2,1H3,(H,25,30). The Kier molecular flexibility index (Phi) is 6.49. The van der Waals surface area contributed by atoms with Crippen molar-refractivity contribution in [1.29, 1.82) is 0 Å². The molecule has 1 atom stereocenters. The summed E-state index contributed by atoms with van der Waals surface area (Å²) in [5, 5.41) is 10.1. The van der Waals surface area contributed by atoms with Crippen LogP contribution in [0.1, 0.15) is 25.3 Å². The van der Waals surface area contributed by atoms with E-state index in [4.69, 9.17) is 4.84 Å². The van der Waals surface area contributed by atoms with Crippen LogP contribution in [0.5, 0.6) is 0 Å². The number of nitrogens with one attached hydrogen (secondary N) is 1. The van der Waals surface area contributed by atoms with Crippen molar-refractivity contribution in [3.05, 3.63) is 48.0 Å². The van der Waals surface area contributed by atoms with E-state index in [1.807, 2.05) is 6.92 Å². The first kappa shape index (κ1) is 24.0. The molecule has 182 valence electrons. The van der Waals surface area contributed by atoms with E-state index in [0.717, 1.165) is 42.0 Å². The van der Waals surface area contributed by atoms with E-state index in [0.29, 0.717) is 18.6 Å². The van der Waals surface area contributed by atoms with Gasteiger partial charge in [-0.1, -0.05) is 11.8 Å². The fourth-order valence-corrected chi connectivity index (χ4v) is 5.33. The topological polar surface area (TPSA) is 106 Å².